The van der Waals surface area contributed by atoms with Crippen molar-refractivity contribution in [3.8, 4) is 0 Å². The molecule has 3 rings (SSSR count). The standard InChI is InChI=1S/C13H12FNS/c14-11-1-2-12-10(7-11)8-13(16-12)9-3-5-15-6-4-9/h1-3,7-8,15H,4-6H2. The molecule has 2 heterocycles. The van der Waals surface area contributed by atoms with Crippen molar-refractivity contribution in [3.05, 3.63) is 41.0 Å². The summed E-state index contributed by atoms with van der Waals surface area (Å²) < 4.78 is 14.2. The lowest BCUT2D eigenvalue weighted by Gasteiger charge is -2.11. The molecule has 1 N–H and O–H groups in total. The van der Waals surface area contributed by atoms with Crippen LogP contribution in [0, 0.1) is 5.82 Å². The van der Waals surface area contributed by atoms with Gasteiger partial charge in [-0.2, -0.15) is 0 Å². The third kappa shape index (κ3) is 1.77. The second kappa shape index (κ2) is 4.00. The van der Waals surface area contributed by atoms with Crippen molar-refractivity contribution in [2.75, 3.05) is 13.1 Å². The molecule has 0 atom stereocenters. The lowest BCUT2D eigenvalue weighted by molar-refractivity contribution is 0.630. The van der Waals surface area contributed by atoms with Crippen LogP contribution in [0.25, 0.3) is 15.7 Å². The lowest BCUT2D eigenvalue weighted by atomic mass is 10.1. The fraction of sp³-hybridized carbons (Fsp3) is 0.231. The van der Waals surface area contributed by atoms with E-state index < -0.39 is 0 Å². The molecule has 2 aromatic rings. The van der Waals surface area contributed by atoms with Crippen molar-refractivity contribution >= 4 is 27.0 Å². The van der Waals surface area contributed by atoms with Gasteiger partial charge in [0.05, 0.1) is 0 Å². The molecule has 16 heavy (non-hydrogen) atoms. The Kier molecular flexibility index (Phi) is 2.50. The number of benzene rings is 1. The van der Waals surface area contributed by atoms with Gasteiger partial charge in [0, 0.05) is 16.1 Å². The summed E-state index contributed by atoms with van der Waals surface area (Å²) in [6.45, 7) is 1.98. The van der Waals surface area contributed by atoms with Gasteiger partial charge in [0.1, 0.15) is 5.82 Å². The predicted molar refractivity (Wildman–Crippen MR) is 67.2 cm³/mol. The molecule has 0 fully saturated rings. The van der Waals surface area contributed by atoms with Crippen molar-refractivity contribution in [1.29, 1.82) is 0 Å². The van der Waals surface area contributed by atoms with E-state index >= 15 is 0 Å². The van der Waals surface area contributed by atoms with Crippen LogP contribution in [0.1, 0.15) is 11.3 Å². The van der Waals surface area contributed by atoms with Gasteiger partial charge >= 0.3 is 0 Å². The third-order valence-electron chi connectivity index (χ3n) is 2.86. The SMILES string of the molecule is Fc1ccc2sc(C3=CCNCC3)cc2c1. The predicted octanol–water partition coefficient (Wildman–Crippen LogP) is 3.42. The summed E-state index contributed by atoms with van der Waals surface area (Å²) in [6.07, 6.45) is 3.29. The zero-order chi connectivity index (χ0) is 11.0. The average molecular weight is 233 g/mol. The fourth-order valence-electron chi connectivity index (χ4n) is 2.02. The van der Waals surface area contributed by atoms with E-state index in [1.54, 1.807) is 17.4 Å². The minimum absolute atomic E-state index is 0.156. The minimum Gasteiger partial charge on any atom is -0.313 e. The van der Waals surface area contributed by atoms with E-state index in [1.807, 2.05) is 6.07 Å². The maximum Gasteiger partial charge on any atom is 0.123 e. The Morgan fingerprint density at radius 2 is 2.19 bits per heavy atom. The van der Waals surface area contributed by atoms with Crippen LogP contribution in [-0.2, 0) is 0 Å². The summed E-state index contributed by atoms with van der Waals surface area (Å²) in [6, 6.07) is 7.09. The van der Waals surface area contributed by atoms with Crippen molar-refractivity contribution in [1.82, 2.24) is 5.32 Å². The van der Waals surface area contributed by atoms with Gasteiger partial charge in [-0.3, -0.25) is 0 Å². The smallest absolute Gasteiger partial charge is 0.123 e. The first-order valence-electron chi connectivity index (χ1n) is 5.42. The maximum absolute atomic E-state index is 13.1. The molecule has 1 aromatic heterocycles. The van der Waals surface area contributed by atoms with Gasteiger partial charge < -0.3 is 5.32 Å². The largest absolute Gasteiger partial charge is 0.313 e. The van der Waals surface area contributed by atoms with Crippen LogP contribution in [0.3, 0.4) is 0 Å². The highest BCUT2D eigenvalue weighted by molar-refractivity contribution is 7.20. The Hall–Kier alpha value is -1.19. The van der Waals surface area contributed by atoms with Crippen molar-refractivity contribution in [2.45, 2.75) is 6.42 Å². The van der Waals surface area contributed by atoms with Crippen LogP contribution in [0.4, 0.5) is 4.39 Å². The van der Waals surface area contributed by atoms with Crippen LogP contribution in [0.2, 0.25) is 0 Å². The van der Waals surface area contributed by atoms with Crippen molar-refractivity contribution < 1.29 is 4.39 Å². The van der Waals surface area contributed by atoms with Crippen molar-refractivity contribution in [3.63, 3.8) is 0 Å². The molecule has 0 radical (unpaired) electrons. The molecule has 0 amide bonds. The second-order valence-electron chi connectivity index (χ2n) is 3.98. The number of nitrogens with one attached hydrogen (secondary N) is 1. The van der Waals surface area contributed by atoms with Gasteiger partial charge in [-0.05, 0) is 48.2 Å². The molecule has 1 nitrogen and oxygen atoms in total. The van der Waals surface area contributed by atoms with Gasteiger partial charge in [0.25, 0.3) is 0 Å². The quantitative estimate of drug-likeness (QED) is 0.796. The van der Waals surface area contributed by atoms with Crippen LogP contribution < -0.4 is 5.32 Å². The van der Waals surface area contributed by atoms with Crippen LogP contribution in [-0.4, -0.2) is 13.1 Å². The Morgan fingerprint density at radius 1 is 1.25 bits per heavy atom. The Morgan fingerprint density at radius 3 is 3.00 bits per heavy atom. The summed E-state index contributed by atoms with van der Waals surface area (Å²) in [5.41, 5.74) is 1.39. The summed E-state index contributed by atoms with van der Waals surface area (Å²) >= 11 is 1.75. The molecule has 1 aliphatic rings. The molecule has 82 valence electrons. The van der Waals surface area contributed by atoms with E-state index in [-0.39, 0.29) is 5.82 Å². The number of fused-ring (bicyclic) bond motifs is 1. The van der Waals surface area contributed by atoms with Gasteiger partial charge in [-0.25, -0.2) is 4.39 Å². The van der Waals surface area contributed by atoms with Gasteiger partial charge in [0.15, 0.2) is 0 Å². The molecule has 0 aliphatic carbocycles. The molecule has 3 heteroatoms. The summed E-state index contributed by atoms with van der Waals surface area (Å²) in [5.74, 6) is -0.156. The molecule has 0 saturated carbocycles. The topological polar surface area (TPSA) is 12.0 Å². The molecule has 0 bridgehead atoms. The first-order chi connectivity index (χ1) is 7.83. The van der Waals surface area contributed by atoms with Gasteiger partial charge in [0.2, 0.25) is 0 Å². The number of hydrogen-bond acceptors (Lipinski definition) is 2. The highest BCUT2D eigenvalue weighted by atomic mass is 32.1. The zero-order valence-corrected chi connectivity index (χ0v) is 9.61. The number of halogens is 1. The van der Waals surface area contributed by atoms with E-state index in [4.69, 9.17) is 0 Å². The van der Waals surface area contributed by atoms with E-state index in [0.29, 0.717) is 0 Å². The van der Waals surface area contributed by atoms with Crippen LogP contribution in [0.15, 0.2) is 30.3 Å². The Labute approximate surface area is 97.6 Å². The average Bonchev–Trinajstić information content (AvgIpc) is 2.73. The monoisotopic (exact) mass is 233 g/mol. The second-order valence-corrected chi connectivity index (χ2v) is 5.06. The lowest BCUT2D eigenvalue weighted by Crippen LogP contribution is -2.19. The summed E-state index contributed by atoms with van der Waals surface area (Å²) in [7, 11) is 0. The highest BCUT2D eigenvalue weighted by Gasteiger charge is 2.09. The molecule has 1 aliphatic heterocycles. The third-order valence-corrected chi connectivity index (χ3v) is 4.05. The molecule has 0 saturated heterocycles. The van der Waals surface area contributed by atoms with E-state index in [9.17, 15) is 4.39 Å². The van der Waals surface area contributed by atoms with Gasteiger partial charge in [-0.1, -0.05) is 6.08 Å². The molecule has 0 unspecified atom stereocenters. The first kappa shape index (κ1) is 10.00. The fourth-order valence-corrected chi connectivity index (χ4v) is 3.13. The molecule has 0 spiro atoms. The van der Waals surface area contributed by atoms with E-state index in [2.05, 4.69) is 17.5 Å². The number of hydrogen-bond donors (Lipinski definition) is 1. The Balaban J connectivity index is 2.07. The molecule has 1 aromatic carbocycles. The normalized spacial score (nSPS) is 16.4. The Bertz CT molecular complexity index is 556. The molecular weight excluding hydrogens is 221 g/mol. The molecular formula is C13H12FNS. The summed E-state index contributed by atoms with van der Waals surface area (Å²) in [5, 5.41) is 4.31. The summed E-state index contributed by atoms with van der Waals surface area (Å²) in [4.78, 5) is 1.28. The van der Waals surface area contributed by atoms with Crippen LogP contribution in [0.5, 0.6) is 0 Å². The first-order valence-corrected chi connectivity index (χ1v) is 6.24. The number of thiophene rings is 1. The van der Waals surface area contributed by atoms with E-state index in [0.717, 1.165) is 29.6 Å². The van der Waals surface area contributed by atoms with Crippen LogP contribution >= 0.6 is 11.3 Å². The minimum atomic E-state index is -0.156. The van der Waals surface area contributed by atoms with Gasteiger partial charge in [-0.15, -0.1) is 11.3 Å². The zero-order valence-electron chi connectivity index (χ0n) is 8.79. The van der Waals surface area contributed by atoms with Crippen molar-refractivity contribution in [2.24, 2.45) is 0 Å². The highest BCUT2D eigenvalue weighted by Crippen LogP contribution is 2.32. The maximum atomic E-state index is 13.1. The number of rotatable bonds is 1. The van der Waals surface area contributed by atoms with E-state index in [1.165, 1.54) is 16.5 Å².